The molecule has 156 valence electrons. The van der Waals surface area contributed by atoms with Gasteiger partial charge in [-0.3, -0.25) is 4.79 Å². The fourth-order valence-corrected chi connectivity index (χ4v) is 2.99. The van der Waals surface area contributed by atoms with E-state index in [4.69, 9.17) is 19.9 Å². The van der Waals surface area contributed by atoms with Crippen LogP contribution in [-0.2, 0) is 25.4 Å². The van der Waals surface area contributed by atoms with Crippen LogP contribution < -0.4 is 5.73 Å². The summed E-state index contributed by atoms with van der Waals surface area (Å²) >= 11 is 0. The Morgan fingerprint density at radius 2 is 1.71 bits per heavy atom. The minimum Gasteiger partial charge on any atom is -0.504 e. The molecule has 1 aliphatic carbocycles. The summed E-state index contributed by atoms with van der Waals surface area (Å²) in [6, 6.07) is 3.24. The molecule has 1 saturated carbocycles. The van der Waals surface area contributed by atoms with Gasteiger partial charge in [0.25, 0.3) is 0 Å². The van der Waals surface area contributed by atoms with Crippen molar-refractivity contribution in [2.24, 2.45) is 5.73 Å². The minimum absolute atomic E-state index is 0.110. The summed E-state index contributed by atoms with van der Waals surface area (Å²) in [6.07, 6.45) is 2.78. The van der Waals surface area contributed by atoms with Crippen molar-refractivity contribution < 1.29 is 34.0 Å². The molecule has 0 amide bonds. The van der Waals surface area contributed by atoms with Crippen LogP contribution in [-0.4, -0.2) is 46.7 Å². The highest BCUT2D eigenvalue weighted by molar-refractivity contribution is 5.76. The van der Waals surface area contributed by atoms with Gasteiger partial charge in [-0.15, -0.1) is 0 Å². The zero-order valence-corrected chi connectivity index (χ0v) is 16.3. The molecule has 1 aromatic carbocycles. The standard InChI is InChI=1S/C20H29NO7/c1-12(13(2)27-20(25)28-15-6-4-3-5-7-15)26-19(24)16(21)10-14-8-9-17(22)18(23)11-14/h8-9,11-13,15-16,22-23H,3-7,10,21H2,1-2H3/t12-,13-,16+/m1/s1. The van der Waals surface area contributed by atoms with Gasteiger partial charge in [0.1, 0.15) is 24.4 Å². The lowest BCUT2D eigenvalue weighted by atomic mass is 9.98. The van der Waals surface area contributed by atoms with Crippen molar-refractivity contribution >= 4 is 12.1 Å². The number of nitrogens with two attached hydrogens (primary N) is 1. The zero-order valence-electron chi connectivity index (χ0n) is 16.3. The zero-order chi connectivity index (χ0) is 20.7. The normalized spacial score (nSPS) is 18.0. The summed E-state index contributed by atoms with van der Waals surface area (Å²) in [4.78, 5) is 24.1. The fourth-order valence-electron chi connectivity index (χ4n) is 2.99. The van der Waals surface area contributed by atoms with Crippen LogP contribution >= 0.6 is 0 Å². The van der Waals surface area contributed by atoms with Crippen LogP contribution in [0.25, 0.3) is 0 Å². The van der Waals surface area contributed by atoms with Crippen molar-refractivity contribution in [1.82, 2.24) is 0 Å². The molecular weight excluding hydrogens is 366 g/mol. The van der Waals surface area contributed by atoms with E-state index in [-0.39, 0.29) is 24.0 Å². The van der Waals surface area contributed by atoms with Gasteiger partial charge < -0.3 is 30.2 Å². The second kappa shape index (κ2) is 10.2. The van der Waals surface area contributed by atoms with Crippen LogP contribution in [0, 0.1) is 0 Å². The lowest BCUT2D eigenvalue weighted by Gasteiger charge is -2.25. The highest BCUT2D eigenvalue weighted by Crippen LogP contribution is 2.25. The van der Waals surface area contributed by atoms with E-state index in [0.29, 0.717) is 5.56 Å². The first-order chi connectivity index (χ1) is 13.3. The van der Waals surface area contributed by atoms with Crippen LogP contribution in [0.5, 0.6) is 11.5 Å². The van der Waals surface area contributed by atoms with Crippen LogP contribution in [0.15, 0.2) is 18.2 Å². The minimum atomic E-state index is -0.965. The van der Waals surface area contributed by atoms with Gasteiger partial charge in [-0.25, -0.2) is 4.79 Å². The number of phenols is 2. The second-order valence-electron chi connectivity index (χ2n) is 7.23. The maximum Gasteiger partial charge on any atom is 0.508 e. The molecule has 1 fully saturated rings. The van der Waals surface area contributed by atoms with E-state index in [1.807, 2.05) is 0 Å². The quantitative estimate of drug-likeness (QED) is 0.475. The third kappa shape index (κ3) is 6.60. The molecule has 0 spiro atoms. The predicted octanol–water partition coefficient (Wildman–Crippen LogP) is 2.77. The summed E-state index contributed by atoms with van der Waals surface area (Å²) in [6.45, 7) is 3.22. The van der Waals surface area contributed by atoms with Crippen LogP contribution in [0.1, 0.15) is 51.5 Å². The Labute approximate surface area is 164 Å². The highest BCUT2D eigenvalue weighted by Gasteiger charge is 2.26. The SMILES string of the molecule is C[C@@H](OC(=O)OC1CCCCC1)[C@@H](C)OC(=O)[C@@H](N)Cc1ccc(O)c(O)c1. The number of ether oxygens (including phenoxy) is 3. The summed E-state index contributed by atoms with van der Waals surface area (Å²) in [7, 11) is 0. The molecule has 4 N–H and O–H groups in total. The molecule has 0 heterocycles. The molecule has 8 nitrogen and oxygen atoms in total. The lowest BCUT2D eigenvalue weighted by molar-refractivity contribution is -0.155. The predicted molar refractivity (Wildman–Crippen MR) is 101 cm³/mol. The molecule has 28 heavy (non-hydrogen) atoms. The average Bonchev–Trinajstić information content (AvgIpc) is 2.65. The molecular formula is C20H29NO7. The topological polar surface area (TPSA) is 128 Å². The first-order valence-corrected chi connectivity index (χ1v) is 9.60. The number of esters is 1. The molecule has 0 radical (unpaired) electrons. The second-order valence-corrected chi connectivity index (χ2v) is 7.23. The molecule has 0 bridgehead atoms. The Balaban J connectivity index is 1.77. The Morgan fingerprint density at radius 1 is 1.07 bits per heavy atom. The van der Waals surface area contributed by atoms with E-state index in [1.165, 1.54) is 12.1 Å². The van der Waals surface area contributed by atoms with Crippen LogP contribution in [0.4, 0.5) is 4.79 Å². The molecule has 3 atom stereocenters. The smallest absolute Gasteiger partial charge is 0.504 e. The number of aromatic hydroxyl groups is 2. The fraction of sp³-hybridized carbons (Fsp3) is 0.600. The van der Waals surface area contributed by atoms with Crippen molar-refractivity contribution in [2.75, 3.05) is 0 Å². The number of carbonyl (C=O) groups excluding carboxylic acids is 2. The van der Waals surface area contributed by atoms with Crippen LogP contribution in [0.2, 0.25) is 0 Å². The number of benzene rings is 1. The van der Waals surface area contributed by atoms with Crippen LogP contribution in [0.3, 0.4) is 0 Å². The van der Waals surface area contributed by atoms with E-state index < -0.39 is 30.4 Å². The van der Waals surface area contributed by atoms with Crippen molar-refractivity contribution in [3.63, 3.8) is 0 Å². The molecule has 2 rings (SSSR count). The molecule has 0 unspecified atom stereocenters. The summed E-state index contributed by atoms with van der Waals surface area (Å²) < 4.78 is 15.8. The largest absolute Gasteiger partial charge is 0.508 e. The first-order valence-electron chi connectivity index (χ1n) is 9.60. The van der Waals surface area contributed by atoms with Gasteiger partial charge >= 0.3 is 12.1 Å². The summed E-state index contributed by atoms with van der Waals surface area (Å²) in [5, 5.41) is 18.8. The Bertz CT molecular complexity index is 673. The van der Waals surface area contributed by atoms with Gasteiger partial charge in [0.15, 0.2) is 11.5 Å². The average molecular weight is 395 g/mol. The molecule has 8 heteroatoms. The Hall–Kier alpha value is -2.48. The van der Waals surface area contributed by atoms with Gasteiger partial charge in [0.2, 0.25) is 0 Å². The summed E-state index contributed by atoms with van der Waals surface area (Å²) in [5.41, 5.74) is 6.44. The summed E-state index contributed by atoms with van der Waals surface area (Å²) in [5.74, 6) is -1.19. The van der Waals surface area contributed by atoms with Gasteiger partial charge in [0, 0.05) is 0 Å². The Kier molecular flexibility index (Phi) is 7.92. The van der Waals surface area contributed by atoms with Gasteiger partial charge in [0.05, 0.1) is 0 Å². The third-order valence-electron chi connectivity index (χ3n) is 4.86. The Morgan fingerprint density at radius 3 is 2.36 bits per heavy atom. The van der Waals surface area contributed by atoms with Gasteiger partial charge in [-0.1, -0.05) is 12.5 Å². The van der Waals surface area contributed by atoms with Crippen molar-refractivity contribution in [3.05, 3.63) is 23.8 Å². The van der Waals surface area contributed by atoms with E-state index in [2.05, 4.69) is 0 Å². The number of phenolic OH excluding ortho intramolecular Hbond substituents is 2. The van der Waals surface area contributed by atoms with Gasteiger partial charge in [-0.05, 0) is 63.6 Å². The first kappa shape index (κ1) is 21.8. The van der Waals surface area contributed by atoms with Crippen molar-refractivity contribution in [1.29, 1.82) is 0 Å². The maximum atomic E-state index is 12.2. The molecule has 0 aliphatic heterocycles. The third-order valence-corrected chi connectivity index (χ3v) is 4.86. The van der Waals surface area contributed by atoms with Crippen molar-refractivity contribution in [3.8, 4) is 11.5 Å². The molecule has 0 aromatic heterocycles. The van der Waals surface area contributed by atoms with E-state index >= 15 is 0 Å². The number of hydrogen-bond donors (Lipinski definition) is 3. The molecule has 1 aliphatic rings. The van der Waals surface area contributed by atoms with E-state index in [0.717, 1.165) is 32.1 Å². The van der Waals surface area contributed by atoms with E-state index in [9.17, 15) is 19.8 Å². The number of hydrogen-bond acceptors (Lipinski definition) is 8. The number of rotatable bonds is 7. The monoisotopic (exact) mass is 395 g/mol. The van der Waals surface area contributed by atoms with Gasteiger partial charge in [-0.2, -0.15) is 0 Å². The number of carbonyl (C=O) groups is 2. The van der Waals surface area contributed by atoms with Crippen molar-refractivity contribution in [2.45, 2.75) is 76.7 Å². The molecule has 0 saturated heterocycles. The molecule has 1 aromatic rings. The maximum absolute atomic E-state index is 12.2. The lowest BCUT2D eigenvalue weighted by Crippen LogP contribution is -2.39. The van der Waals surface area contributed by atoms with E-state index in [1.54, 1.807) is 19.9 Å². The highest BCUT2D eigenvalue weighted by atomic mass is 16.7.